The highest BCUT2D eigenvalue weighted by atomic mass is 19.4. The summed E-state index contributed by atoms with van der Waals surface area (Å²) in [6.07, 6.45) is -4.53. The molecule has 0 aliphatic rings. The number of methoxy groups -OCH3 is 1. The molecule has 0 aliphatic carbocycles. The first-order chi connectivity index (χ1) is 18.7. The second kappa shape index (κ2) is 10.3. The second-order valence-electron chi connectivity index (χ2n) is 8.77. The topological polar surface area (TPSA) is 9.23 Å². The maximum absolute atomic E-state index is 16.5. The molecule has 5 aromatic carbocycles. The molecule has 0 amide bonds. The summed E-state index contributed by atoms with van der Waals surface area (Å²) in [6.45, 7) is 0. The van der Waals surface area contributed by atoms with Gasteiger partial charge < -0.3 is 4.74 Å². The van der Waals surface area contributed by atoms with Crippen molar-refractivity contribution in [1.82, 2.24) is 0 Å². The van der Waals surface area contributed by atoms with E-state index < -0.39 is 29.2 Å². The van der Waals surface area contributed by atoms with Crippen molar-refractivity contribution in [2.75, 3.05) is 7.11 Å². The number of halogens is 6. The maximum Gasteiger partial charge on any atom is 0.416 e. The van der Waals surface area contributed by atoms with Crippen molar-refractivity contribution >= 4 is 0 Å². The highest BCUT2D eigenvalue weighted by Gasteiger charge is 2.30. The Kier molecular flexibility index (Phi) is 6.91. The lowest BCUT2D eigenvalue weighted by Gasteiger charge is -2.17. The van der Waals surface area contributed by atoms with E-state index in [2.05, 4.69) is 6.07 Å². The van der Waals surface area contributed by atoms with Crippen molar-refractivity contribution in [2.24, 2.45) is 0 Å². The fraction of sp³-hybridized carbons (Fsp3) is 0.0625. The van der Waals surface area contributed by atoms with E-state index in [-0.39, 0.29) is 16.7 Å². The summed E-state index contributed by atoms with van der Waals surface area (Å²) in [5.41, 5.74) is 1.46. The van der Waals surface area contributed by atoms with Crippen LogP contribution in [-0.4, -0.2) is 7.11 Å². The quantitative estimate of drug-likeness (QED) is 0.204. The third-order valence-corrected chi connectivity index (χ3v) is 6.37. The van der Waals surface area contributed by atoms with Crippen molar-refractivity contribution in [3.8, 4) is 50.3 Å². The Balaban J connectivity index is 1.72. The molecule has 5 rings (SSSR count). The van der Waals surface area contributed by atoms with Crippen molar-refractivity contribution in [2.45, 2.75) is 6.18 Å². The molecule has 1 radical (unpaired) electrons. The van der Waals surface area contributed by atoms with Gasteiger partial charge in [-0.15, -0.1) is 0 Å². The van der Waals surface area contributed by atoms with Crippen LogP contribution >= 0.6 is 0 Å². The van der Waals surface area contributed by atoms with Gasteiger partial charge in [-0.25, -0.2) is 13.2 Å². The molecule has 0 saturated carbocycles. The molecule has 0 saturated heterocycles. The molecule has 0 aromatic heterocycles. The lowest BCUT2D eigenvalue weighted by Crippen LogP contribution is -2.04. The van der Waals surface area contributed by atoms with Crippen LogP contribution in [0.25, 0.3) is 44.5 Å². The zero-order chi connectivity index (χ0) is 27.7. The Bertz CT molecular complexity index is 1620. The standard InChI is InChI=1S/C32H19F6O/c1-39-25-13-6-20(7-14-25)29-18-24(34)12-15-27(29)28-17-16-26(19-2-8-22(9-3-19)32(36,37)38)30(31(28)35)21-4-10-23(33)11-5-21/h2-15,17-18H,1H3. The van der Waals surface area contributed by atoms with Crippen LogP contribution in [0.1, 0.15) is 5.56 Å². The summed E-state index contributed by atoms with van der Waals surface area (Å²) in [7, 11) is 1.52. The van der Waals surface area contributed by atoms with E-state index in [4.69, 9.17) is 4.74 Å². The smallest absolute Gasteiger partial charge is 0.416 e. The minimum atomic E-state index is -4.53. The minimum Gasteiger partial charge on any atom is -0.497 e. The lowest BCUT2D eigenvalue weighted by molar-refractivity contribution is -0.137. The van der Waals surface area contributed by atoms with Gasteiger partial charge in [-0.2, -0.15) is 13.2 Å². The summed E-state index contributed by atoms with van der Waals surface area (Å²) in [6, 6.07) is 24.6. The van der Waals surface area contributed by atoms with Crippen molar-refractivity contribution in [3.63, 3.8) is 0 Å². The molecule has 195 valence electrons. The largest absolute Gasteiger partial charge is 0.497 e. The highest BCUT2D eigenvalue weighted by Crippen LogP contribution is 2.42. The molecular weight excluding hydrogens is 514 g/mol. The normalized spacial score (nSPS) is 11.5. The lowest BCUT2D eigenvalue weighted by atomic mass is 9.87. The molecule has 0 bridgehead atoms. The van der Waals surface area contributed by atoms with Crippen LogP contribution in [0.2, 0.25) is 0 Å². The van der Waals surface area contributed by atoms with E-state index in [0.717, 1.165) is 12.1 Å². The molecule has 39 heavy (non-hydrogen) atoms. The van der Waals surface area contributed by atoms with E-state index in [1.165, 1.54) is 67.8 Å². The van der Waals surface area contributed by atoms with Gasteiger partial charge in [0.05, 0.1) is 12.7 Å². The van der Waals surface area contributed by atoms with Crippen LogP contribution in [-0.2, 0) is 6.18 Å². The molecule has 5 aromatic rings. The average molecular weight is 533 g/mol. The van der Waals surface area contributed by atoms with Gasteiger partial charge in [0.15, 0.2) is 0 Å². The van der Waals surface area contributed by atoms with Gasteiger partial charge in [0.1, 0.15) is 23.2 Å². The summed E-state index contributed by atoms with van der Waals surface area (Å²) in [5.74, 6) is -1.17. The first-order valence-electron chi connectivity index (χ1n) is 11.8. The van der Waals surface area contributed by atoms with Gasteiger partial charge in [0, 0.05) is 16.7 Å². The molecule has 0 N–H and O–H groups in total. The van der Waals surface area contributed by atoms with E-state index >= 15 is 4.39 Å². The molecule has 0 fully saturated rings. The first kappa shape index (κ1) is 26.1. The Morgan fingerprint density at radius 3 is 1.82 bits per heavy atom. The van der Waals surface area contributed by atoms with Crippen LogP contribution in [0.3, 0.4) is 0 Å². The first-order valence-corrected chi connectivity index (χ1v) is 11.8. The highest BCUT2D eigenvalue weighted by molar-refractivity contribution is 5.91. The van der Waals surface area contributed by atoms with E-state index in [9.17, 15) is 22.0 Å². The number of alkyl halides is 3. The molecule has 0 unspecified atom stereocenters. The summed E-state index contributed by atoms with van der Waals surface area (Å²) in [5, 5.41) is 0. The molecule has 7 heteroatoms. The fourth-order valence-electron chi connectivity index (χ4n) is 4.42. The molecule has 0 spiro atoms. The van der Waals surface area contributed by atoms with Gasteiger partial charge in [0.2, 0.25) is 0 Å². The predicted octanol–water partition coefficient (Wildman–Crippen LogP) is 9.60. The number of hydrogen-bond donors (Lipinski definition) is 0. The fourth-order valence-corrected chi connectivity index (χ4v) is 4.42. The van der Waals surface area contributed by atoms with Gasteiger partial charge in [-0.1, -0.05) is 42.5 Å². The molecule has 0 heterocycles. The third-order valence-electron chi connectivity index (χ3n) is 6.37. The van der Waals surface area contributed by atoms with Crippen LogP contribution in [0.15, 0.2) is 97.1 Å². The average Bonchev–Trinajstić information content (AvgIpc) is 2.93. The minimum absolute atomic E-state index is 0.0252. The SMILES string of the molecule is COc1ccc(-c2cc(F)ccc2-c2c[c]c(-c3ccc(C(F)(F)F)cc3)c(-c3ccc(F)cc3)c2F)cc1. The van der Waals surface area contributed by atoms with E-state index in [1.54, 1.807) is 24.3 Å². The summed E-state index contributed by atoms with van der Waals surface area (Å²) < 4.78 is 89.1. The van der Waals surface area contributed by atoms with E-state index in [1.807, 2.05) is 0 Å². The van der Waals surface area contributed by atoms with Crippen molar-refractivity contribution in [1.29, 1.82) is 0 Å². The monoisotopic (exact) mass is 533 g/mol. The van der Waals surface area contributed by atoms with Crippen LogP contribution in [0, 0.1) is 23.5 Å². The Labute approximate surface area is 220 Å². The van der Waals surface area contributed by atoms with Crippen LogP contribution < -0.4 is 4.74 Å². The van der Waals surface area contributed by atoms with Crippen LogP contribution in [0.5, 0.6) is 5.75 Å². The van der Waals surface area contributed by atoms with Crippen LogP contribution in [0.4, 0.5) is 26.3 Å². The zero-order valence-corrected chi connectivity index (χ0v) is 20.4. The maximum atomic E-state index is 16.5. The molecule has 0 atom stereocenters. The summed E-state index contributed by atoms with van der Waals surface area (Å²) in [4.78, 5) is 0. The Hall–Kier alpha value is -4.52. The Morgan fingerprint density at radius 2 is 1.21 bits per heavy atom. The third kappa shape index (κ3) is 5.25. The van der Waals surface area contributed by atoms with Crippen molar-refractivity contribution in [3.05, 3.63) is 126 Å². The summed E-state index contributed by atoms with van der Waals surface area (Å²) >= 11 is 0. The number of rotatable bonds is 5. The molecule has 0 aliphatic heterocycles. The van der Waals surface area contributed by atoms with Gasteiger partial charge >= 0.3 is 6.18 Å². The van der Waals surface area contributed by atoms with E-state index in [0.29, 0.717) is 33.6 Å². The van der Waals surface area contributed by atoms with Gasteiger partial charge in [-0.05, 0) is 88.5 Å². The van der Waals surface area contributed by atoms with Gasteiger partial charge in [-0.3, -0.25) is 0 Å². The van der Waals surface area contributed by atoms with Gasteiger partial charge in [0.25, 0.3) is 0 Å². The Morgan fingerprint density at radius 1 is 0.615 bits per heavy atom. The molecular formula is C32H19F6O. The molecule has 1 nitrogen and oxygen atoms in total. The number of ether oxygens (including phenoxy) is 1. The number of hydrogen-bond acceptors (Lipinski definition) is 1. The predicted molar refractivity (Wildman–Crippen MR) is 138 cm³/mol. The zero-order valence-electron chi connectivity index (χ0n) is 20.4. The number of benzene rings is 5. The second-order valence-corrected chi connectivity index (χ2v) is 8.77. The van der Waals surface area contributed by atoms with Crippen molar-refractivity contribution < 1.29 is 31.1 Å².